The molecule has 19 heavy (non-hydrogen) atoms. The topological polar surface area (TPSA) is 45.8 Å². The predicted octanol–water partition coefficient (Wildman–Crippen LogP) is 3.21. The van der Waals surface area contributed by atoms with Crippen LogP contribution in [0.2, 0.25) is 5.02 Å². The Labute approximate surface area is 117 Å². The van der Waals surface area contributed by atoms with Crippen LogP contribution in [0, 0.1) is 5.92 Å². The van der Waals surface area contributed by atoms with Crippen LogP contribution in [0.4, 0.5) is 0 Å². The largest absolute Gasteiger partial charge is 0.310 e. The van der Waals surface area contributed by atoms with Crippen molar-refractivity contribution in [3.63, 3.8) is 0 Å². The van der Waals surface area contributed by atoms with Crippen LogP contribution in [0.3, 0.4) is 0 Å². The van der Waals surface area contributed by atoms with E-state index in [9.17, 15) is 4.79 Å². The highest BCUT2D eigenvalue weighted by molar-refractivity contribution is 6.31. The summed E-state index contributed by atoms with van der Waals surface area (Å²) in [5.74, 6) is 1.14. The van der Waals surface area contributed by atoms with Crippen molar-refractivity contribution in [2.24, 2.45) is 5.92 Å². The summed E-state index contributed by atoms with van der Waals surface area (Å²) in [7, 11) is 0. The number of aromatic nitrogens is 2. The van der Waals surface area contributed by atoms with E-state index in [0.717, 1.165) is 17.7 Å². The lowest BCUT2D eigenvalue weighted by atomic mass is 10.1. The van der Waals surface area contributed by atoms with Crippen LogP contribution in [0.5, 0.6) is 0 Å². The SMILES string of the molecule is CC(C)Cc1cc(=O)[nH]c(Cc2ccccc2Cl)n1. The molecule has 1 heterocycles. The van der Waals surface area contributed by atoms with E-state index >= 15 is 0 Å². The van der Waals surface area contributed by atoms with E-state index in [-0.39, 0.29) is 5.56 Å². The van der Waals surface area contributed by atoms with E-state index in [4.69, 9.17) is 11.6 Å². The van der Waals surface area contributed by atoms with Gasteiger partial charge in [-0.15, -0.1) is 0 Å². The molecule has 0 saturated heterocycles. The maximum absolute atomic E-state index is 11.6. The molecule has 2 aromatic rings. The lowest BCUT2D eigenvalue weighted by molar-refractivity contribution is 0.630. The molecule has 1 N–H and O–H groups in total. The third kappa shape index (κ3) is 3.93. The summed E-state index contributed by atoms with van der Waals surface area (Å²) >= 11 is 6.12. The third-order valence-corrected chi connectivity index (χ3v) is 3.15. The smallest absolute Gasteiger partial charge is 0.251 e. The van der Waals surface area contributed by atoms with Gasteiger partial charge in [-0.25, -0.2) is 4.98 Å². The van der Waals surface area contributed by atoms with Crippen molar-refractivity contribution in [2.45, 2.75) is 26.7 Å². The lowest BCUT2D eigenvalue weighted by Gasteiger charge is -2.07. The zero-order chi connectivity index (χ0) is 13.8. The number of halogens is 1. The first-order valence-electron chi connectivity index (χ1n) is 6.37. The predicted molar refractivity (Wildman–Crippen MR) is 77.7 cm³/mol. The van der Waals surface area contributed by atoms with Gasteiger partial charge in [0.1, 0.15) is 5.82 Å². The monoisotopic (exact) mass is 276 g/mol. The fourth-order valence-electron chi connectivity index (χ4n) is 1.99. The van der Waals surface area contributed by atoms with Gasteiger partial charge in [-0.2, -0.15) is 0 Å². The van der Waals surface area contributed by atoms with E-state index < -0.39 is 0 Å². The number of hydrogen-bond donors (Lipinski definition) is 1. The van der Waals surface area contributed by atoms with E-state index in [1.165, 1.54) is 0 Å². The molecule has 0 aliphatic carbocycles. The van der Waals surface area contributed by atoms with Gasteiger partial charge in [0.2, 0.25) is 0 Å². The lowest BCUT2D eigenvalue weighted by Crippen LogP contribution is -2.14. The Bertz CT molecular complexity index is 620. The van der Waals surface area contributed by atoms with Crippen molar-refractivity contribution in [2.75, 3.05) is 0 Å². The molecule has 0 aliphatic heterocycles. The zero-order valence-electron chi connectivity index (χ0n) is 11.1. The normalized spacial score (nSPS) is 10.9. The van der Waals surface area contributed by atoms with Crippen molar-refractivity contribution in [1.82, 2.24) is 9.97 Å². The van der Waals surface area contributed by atoms with Crippen molar-refractivity contribution in [3.05, 3.63) is 62.8 Å². The fourth-order valence-corrected chi connectivity index (χ4v) is 2.19. The minimum atomic E-state index is -0.104. The number of aromatic amines is 1. The summed E-state index contributed by atoms with van der Waals surface area (Å²) in [5, 5.41) is 0.694. The highest BCUT2D eigenvalue weighted by atomic mass is 35.5. The van der Waals surface area contributed by atoms with Gasteiger partial charge in [-0.3, -0.25) is 4.79 Å². The van der Waals surface area contributed by atoms with Crippen LogP contribution < -0.4 is 5.56 Å². The molecule has 0 amide bonds. The highest BCUT2D eigenvalue weighted by Crippen LogP contribution is 2.17. The van der Waals surface area contributed by atoms with Crippen molar-refractivity contribution in [3.8, 4) is 0 Å². The van der Waals surface area contributed by atoms with Gasteiger partial charge in [-0.05, 0) is 24.0 Å². The molecule has 0 spiro atoms. The molecule has 0 bridgehead atoms. The van der Waals surface area contributed by atoms with Crippen LogP contribution in [-0.4, -0.2) is 9.97 Å². The Hall–Kier alpha value is -1.61. The second-order valence-corrected chi connectivity index (χ2v) is 5.46. The molecule has 0 fully saturated rings. The molecular weight excluding hydrogens is 260 g/mol. The summed E-state index contributed by atoms with van der Waals surface area (Å²) in [6, 6.07) is 9.16. The Morgan fingerprint density at radius 2 is 2.05 bits per heavy atom. The Morgan fingerprint density at radius 3 is 2.74 bits per heavy atom. The molecular formula is C15H17ClN2O. The van der Waals surface area contributed by atoms with Crippen molar-refractivity contribution < 1.29 is 0 Å². The van der Waals surface area contributed by atoms with Crippen LogP contribution in [-0.2, 0) is 12.8 Å². The average Bonchev–Trinajstić information content (AvgIpc) is 2.30. The molecule has 100 valence electrons. The summed E-state index contributed by atoms with van der Waals surface area (Å²) < 4.78 is 0. The summed E-state index contributed by atoms with van der Waals surface area (Å²) in [4.78, 5) is 18.9. The van der Waals surface area contributed by atoms with Gasteiger partial charge in [0.05, 0.1) is 0 Å². The molecule has 1 aromatic heterocycles. The molecule has 1 aromatic carbocycles. The number of rotatable bonds is 4. The van der Waals surface area contributed by atoms with Gasteiger partial charge in [0.15, 0.2) is 0 Å². The van der Waals surface area contributed by atoms with Gasteiger partial charge >= 0.3 is 0 Å². The van der Waals surface area contributed by atoms with Gasteiger partial charge in [0, 0.05) is 23.2 Å². The van der Waals surface area contributed by atoms with E-state index in [0.29, 0.717) is 23.2 Å². The molecule has 3 nitrogen and oxygen atoms in total. The summed E-state index contributed by atoms with van der Waals surface area (Å²) in [6.07, 6.45) is 1.35. The number of nitrogens with zero attached hydrogens (tertiary/aromatic N) is 1. The average molecular weight is 277 g/mol. The van der Waals surface area contributed by atoms with E-state index in [1.54, 1.807) is 6.07 Å². The quantitative estimate of drug-likeness (QED) is 0.932. The molecule has 4 heteroatoms. The van der Waals surface area contributed by atoms with E-state index in [1.807, 2.05) is 24.3 Å². The second kappa shape index (κ2) is 6.02. The Morgan fingerprint density at radius 1 is 1.32 bits per heavy atom. The number of benzene rings is 1. The van der Waals surface area contributed by atoms with Crippen LogP contribution in [0.1, 0.15) is 30.9 Å². The molecule has 0 atom stereocenters. The van der Waals surface area contributed by atoms with Crippen LogP contribution in [0.25, 0.3) is 0 Å². The first kappa shape index (κ1) is 13.8. The van der Waals surface area contributed by atoms with E-state index in [2.05, 4.69) is 23.8 Å². The standard InChI is InChI=1S/C15H17ClN2O/c1-10(2)7-12-9-15(19)18-14(17-12)8-11-5-3-4-6-13(11)16/h3-6,9-10H,7-8H2,1-2H3,(H,17,18,19). The van der Waals surface area contributed by atoms with Crippen molar-refractivity contribution >= 4 is 11.6 Å². The van der Waals surface area contributed by atoms with Crippen molar-refractivity contribution in [1.29, 1.82) is 0 Å². The summed E-state index contributed by atoms with van der Waals surface area (Å²) in [5.41, 5.74) is 1.70. The fraction of sp³-hybridized carbons (Fsp3) is 0.333. The Kier molecular flexibility index (Phi) is 4.38. The molecule has 2 rings (SSSR count). The molecule has 0 radical (unpaired) electrons. The van der Waals surface area contributed by atoms with Gasteiger partial charge < -0.3 is 4.98 Å². The first-order valence-corrected chi connectivity index (χ1v) is 6.75. The van der Waals surface area contributed by atoms with Gasteiger partial charge in [-0.1, -0.05) is 43.6 Å². The third-order valence-electron chi connectivity index (χ3n) is 2.78. The number of hydrogen-bond acceptors (Lipinski definition) is 2. The second-order valence-electron chi connectivity index (χ2n) is 5.05. The van der Waals surface area contributed by atoms with Crippen LogP contribution >= 0.6 is 11.6 Å². The molecule has 0 saturated carbocycles. The summed E-state index contributed by atoms with van der Waals surface area (Å²) in [6.45, 7) is 4.22. The highest BCUT2D eigenvalue weighted by Gasteiger charge is 2.06. The molecule has 0 unspecified atom stereocenters. The number of H-pyrrole nitrogens is 1. The number of nitrogens with one attached hydrogen (secondary N) is 1. The Balaban J connectivity index is 2.28. The minimum absolute atomic E-state index is 0.104. The molecule has 0 aliphatic rings. The maximum Gasteiger partial charge on any atom is 0.251 e. The maximum atomic E-state index is 11.6. The minimum Gasteiger partial charge on any atom is -0.310 e. The van der Waals surface area contributed by atoms with Crippen LogP contribution in [0.15, 0.2) is 35.1 Å². The first-order chi connectivity index (χ1) is 9.04. The van der Waals surface area contributed by atoms with Gasteiger partial charge in [0.25, 0.3) is 5.56 Å². The zero-order valence-corrected chi connectivity index (χ0v) is 11.9.